The van der Waals surface area contributed by atoms with E-state index in [2.05, 4.69) is 5.32 Å². The van der Waals surface area contributed by atoms with Gasteiger partial charge in [0.25, 0.3) is 0 Å². The average Bonchev–Trinajstić information content (AvgIpc) is 2.63. The molecule has 2 N–H and O–H groups in total. The van der Waals surface area contributed by atoms with Crippen molar-refractivity contribution in [3.8, 4) is 0 Å². The Kier molecular flexibility index (Phi) is 5.78. The van der Waals surface area contributed by atoms with E-state index in [1.54, 1.807) is 0 Å². The van der Waals surface area contributed by atoms with E-state index in [1.807, 2.05) is 6.92 Å². The topological polar surface area (TPSA) is 101 Å². The standard InChI is InChI=1S/C12H21NO5S/c1-2-3-4-10(12(15)16)13-11(14)7-9-5-6-19(17,18)8-9/h9-10H,2-8H2,1H3,(H,13,14)(H,15,16)/t9?,10-/m0/s1. The molecule has 1 unspecified atom stereocenters. The number of rotatable bonds is 7. The van der Waals surface area contributed by atoms with E-state index < -0.39 is 21.8 Å². The Bertz CT molecular complexity index is 431. The molecule has 1 fully saturated rings. The molecule has 0 aromatic heterocycles. The first-order chi connectivity index (χ1) is 8.84. The second kappa shape index (κ2) is 6.88. The molecule has 0 aliphatic carbocycles. The fourth-order valence-corrected chi connectivity index (χ4v) is 4.08. The summed E-state index contributed by atoms with van der Waals surface area (Å²) in [6.45, 7) is 1.95. The largest absolute Gasteiger partial charge is 0.480 e. The zero-order valence-corrected chi connectivity index (χ0v) is 11.9. The molecule has 0 spiro atoms. The average molecular weight is 291 g/mol. The van der Waals surface area contributed by atoms with Crippen LogP contribution in [0.3, 0.4) is 0 Å². The van der Waals surface area contributed by atoms with Crippen LogP contribution in [0.15, 0.2) is 0 Å². The molecule has 1 amide bonds. The van der Waals surface area contributed by atoms with Gasteiger partial charge in [0.05, 0.1) is 11.5 Å². The number of hydrogen-bond acceptors (Lipinski definition) is 4. The monoisotopic (exact) mass is 291 g/mol. The summed E-state index contributed by atoms with van der Waals surface area (Å²) in [5.74, 6) is -1.42. The van der Waals surface area contributed by atoms with Gasteiger partial charge in [-0.1, -0.05) is 19.8 Å². The van der Waals surface area contributed by atoms with Gasteiger partial charge in [-0.15, -0.1) is 0 Å². The van der Waals surface area contributed by atoms with E-state index in [1.165, 1.54) is 0 Å². The summed E-state index contributed by atoms with van der Waals surface area (Å²) in [7, 11) is -3.00. The van der Waals surface area contributed by atoms with Crippen LogP contribution in [-0.2, 0) is 19.4 Å². The van der Waals surface area contributed by atoms with E-state index in [9.17, 15) is 18.0 Å². The summed E-state index contributed by atoms with van der Waals surface area (Å²) in [5, 5.41) is 11.5. The highest BCUT2D eigenvalue weighted by molar-refractivity contribution is 7.91. The molecule has 19 heavy (non-hydrogen) atoms. The second-order valence-electron chi connectivity index (χ2n) is 5.07. The molecular formula is C12H21NO5S. The van der Waals surface area contributed by atoms with Gasteiger partial charge < -0.3 is 10.4 Å². The maximum Gasteiger partial charge on any atom is 0.326 e. The molecule has 1 saturated heterocycles. The van der Waals surface area contributed by atoms with Gasteiger partial charge in [-0.3, -0.25) is 4.79 Å². The van der Waals surface area contributed by atoms with E-state index in [-0.39, 0.29) is 29.8 Å². The van der Waals surface area contributed by atoms with Crippen molar-refractivity contribution < 1.29 is 23.1 Å². The van der Waals surface area contributed by atoms with Crippen LogP contribution < -0.4 is 5.32 Å². The van der Waals surface area contributed by atoms with Crippen LogP contribution in [0.4, 0.5) is 0 Å². The number of aliphatic carboxylic acids is 1. The third kappa shape index (κ3) is 5.59. The summed E-state index contributed by atoms with van der Waals surface area (Å²) in [6.07, 6.45) is 2.58. The summed E-state index contributed by atoms with van der Waals surface area (Å²) in [6, 6.07) is -0.870. The quantitative estimate of drug-likeness (QED) is 0.714. The number of sulfone groups is 1. The summed E-state index contributed by atoms with van der Waals surface area (Å²) in [5.41, 5.74) is 0. The van der Waals surface area contributed by atoms with Crippen LogP contribution in [0, 0.1) is 5.92 Å². The second-order valence-corrected chi connectivity index (χ2v) is 7.30. The third-order valence-electron chi connectivity index (χ3n) is 3.28. The lowest BCUT2D eigenvalue weighted by molar-refractivity contribution is -0.142. The SMILES string of the molecule is CCCC[C@H](NC(=O)CC1CCS(=O)(=O)C1)C(=O)O. The van der Waals surface area contributed by atoms with Crippen molar-refractivity contribution in [1.29, 1.82) is 0 Å². The van der Waals surface area contributed by atoms with Crippen LogP contribution in [0.2, 0.25) is 0 Å². The normalized spacial score (nSPS) is 22.9. The Labute approximate surface area is 113 Å². The summed E-state index contributed by atoms with van der Waals surface area (Å²) < 4.78 is 22.5. The van der Waals surface area contributed by atoms with Gasteiger partial charge in [0, 0.05) is 6.42 Å². The number of hydrogen-bond donors (Lipinski definition) is 2. The molecule has 0 saturated carbocycles. The van der Waals surface area contributed by atoms with Gasteiger partial charge in [0.1, 0.15) is 6.04 Å². The maximum absolute atomic E-state index is 11.7. The molecule has 1 heterocycles. The number of carboxylic acid groups (broad SMARTS) is 1. The van der Waals surface area contributed by atoms with Crippen molar-refractivity contribution in [2.45, 2.75) is 45.1 Å². The lowest BCUT2D eigenvalue weighted by Crippen LogP contribution is -2.41. The Morgan fingerprint density at radius 1 is 1.42 bits per heavy atom. The Morgan fingerprint density at radius 3 is 2.58 bits per heavy atom. The predicted molar refractivity (Wildman–Crippen MR) is 70.5 cm³/mol. The maximum atomic E-state index is 11.7. The van der Waals surface area contributed by atoms with Gasteiger partial charge in [0.15, 0.2) is 9.84 Å². The smallest absolute Gasteiger partial charge is 0.326 e. The first-order valence-corrected chi connectivity index (χ1v) is 8.38. The zero-order chi connectivity index (χ0) is 14.5. The van der Waals surface area contributed by atoms with Crippen molar-refractivity contribution in [3.05, 3.63) is 0 Å². The van der Waals surface area contributed by atoms with E-state index in [4.69, 9.17) is 5.11 Å². The highest BCUT2D eigenvalue weighted by Crippen LogP contribution is 2.21. The van der Waals surface area contributed by atoms with Crippen LogP contribution in [0.25, 0.3) is 0 Å². The van der Waals surface area contributed by atoms with Gasteiger partial charge in [-0.2, -0.15) is 0 Å². The van der Waals surface area contributed by atoms with E-state index >= 15 is 0 Å². The molecule has 1 rings (SSSR count). The van der Waals surface area contributed by atoms with Gasteiger partial charge in [-0.25, -0.2) is 13.2 Å². The molecule has 0 aromatic carbocycles. The Morgan fingerprint density at radius 2 is 2.11 bits per heavy atom. The van der Waals surface area contributed by atoms with Gasteiger partial charge in [0.2, 0.25) is 5.91 Å². The van der Waals surface area contributed by atoms with Crippen LogP contribution in [0.1, 0.15) is 39.0 Å². The minimum Gasteiger partial charge on any atom is -0.480 e. The predicted octanol–water partition coefficient (Wildman–Crippen LogP) is 0.571. The zero-order valence-electron chi connectivity index (χ0n) is 11.1. The van der Waals surface area contributed by atoms with Crippen LogP contribution in [-0.4, -0.2) is 42.9 Å². The summed E-state index contributed by atoms with van der Waals surface area (Å²) >= 11 is 0. The van der Waals surface area contributed by atoms with Crippen molar-refractivity contribution in [3.63, 3.8) is 0 Å². The molecule has 7 heteroatoms. The molecule has 0 bridgehead atoms. The lowest BCUT2D eigenvalue weighted by Gasteiger charge is -2.15. The lowest BCUT2D eigenvalue weighted by atomic mass is 10.0. The molecule has 2 atom stereocenters. The first-order valence-electron chi connectivity index (χ1n) is 6.56. The first kappa shape index (κ1) is 15.9. The number of unbranched alkanes of at least 4 members (excludes halogenated alkanes) is 1. The molecular weight excluding hydrogens is 270 g/mol. The van der Waals surface area contributed by atoms with Gasteiger partial charge >= 0.3 is 5.97 Å². The van der Waals surface area contributed by atoms with E-state index in [0.717, 1.165) is 12.8 Å². The highest BCUT2D eigenvalue weighted by atomic mass is 32.2. The van der Waals surface area contributed by atoms with E-state index in [0.29, 0.717) is 12.8 Å². The van der Waals surface area contributed by atoms with Crippen molar-refractivity contribution in [1.82, 2.24) is 5.32 Å². The summed E-state index contributed by atoms with van der Waals surface area (Å²) in [4.78, 5) is 22.7. The molecule has 6 nitrogen and oxygen atoms in total. The van der Waals surface area contributed by atoms with Crippen LogP contribution in [0.5, 0.6) is 0 Å². The fourth-order valence-electron chi connectivity index (χ4n) is 2.21. The number of carboxylic acids is 1. The molecule has 1 aliphatic rings. The molecule has 1 aliphatic heterocycles. The Hall–Kier alpha value is -1.11. The minimum absolute atomic E-state index is 0.0348. The van der Waals surface area contributed by atoms with Crippen molar-refractivity contribution >= 4 is 21.7 Å². The third-order valence-corrected chi connectivity index (χ3v) is 5.12. The minimum atomic E-state index is -3.00. The number of amides is 1. The van der Waals surface area contributed by atoms with Crippen molar-refractivity contribution in [2.75, 3.05) is 11.5 Å². The number of carbonyl (C=O) groups is 2. The van der Waals surface area contributed by atoms with Crippen molar-refractivity contribution in [2.24, 2.45) is 5.92 Å². The van der Waals surface area contributed by atoms with Gasteiger partial charge in [-0.05, 0) is 18.8 Å². The molecule has 0 radical (unpaired) electrons. The van der Waals surface area contributed by atoms with Crippen LogP contribution >= 0.6 is 0 Å². The highest BCUT2D eigenvalue weighted by Gasteiger charge is 2.30. The molecule has 110 valence electrons. The number of nitrogens with one attached hydrogen (secondary N) is 1. The molecule has 0 aromatic rings. The Balaban J connectivity index is 2.42. The number of carbonyl (C=O) groups excluding carboxylic acids is 1. The fraction of sp³-hybridized carbons (Fsp3) is 0.833.